The van der Waals surface area contributed by atoms with Gasteiger partial charge >= 0.3 is 0 Å². The molecule has 2 aromatic rings. The summed E-state index contributed by atoms with van der Waals surface area (Å²) in [5.74, 6) is 0.729. The molecule has 0 heterocycles. The van der Waals surface area contributed by atoms with Crippen molar-refractivity contribution in [1.82, 2.24) is 0 Å². The Morgan fingerprint density at radius 2 is 1.52 bits per heavy atom. The summed E-state index contributed by atoms with van der Waals surface area (Å²) in [4.78, 5) is 0. The van der Waals surface area contributed by atoms with Gasteiger partial charge < -0.3 is 20.3 Å². The highest BCUT2D eigenvalue weighted by atomic mass is 16.5. The molecule has 3 N–H and O–H groups in total. The lowest BCUT2D eigenvalue weighted by atomic mass is 10.0. The second kappa shape index (κ2) is 7.78. The third-order valence-corrected chi connectivity index (χ3v) is 3.18. The van der Waals surface area contributed by atoms with Crippen LogP contribution in [-0.2, 0) is 11.3 Å². The molecule has 0 radical (unpaired) electrons. The first-order chi connectivity index (χ1) is 10.2. The number of aliphatic hydroxyl groups excluding tert-OH is 1. The average Bonchev–Trinajstić information content (AvgIpc) is 2.54. The maximum atomic E-state index is 9.53. The molecule has 0 spiro atoms. The number of nitrogens with two attached hydrogens (primary N) is 1. The van der Waals surface area contributed by atoms with Gasteiger partial charge in [0.15, 0.2) is 0 Å². The van der Waals surface area contributed by atoms with Gasteiger partial charge in [-0.1, -0.05) is 36.4 Å². The lowest BCUT2D eigenvalue weighted by molar-refractivity contribution is 0.0325. The molecule has 1 atom stereocenters. The van der Waals surface area contributed by atoms with Crippen LogP contribution in [0.5, 0.6) is 5.75 Å². The van der Waals surface area contributed by atoms with Crippen molar-refractivity contribution in [2.24, 2.45) is 5.73 Å². The number of benzene rings is 2. The van der Waals surface area contributed by atoms with Crippen molar-refractivity contribution in [3.63, 3.8) is 0 Å². The zero-order valence-corrected chi connectivity index (χ0v) is 12.2. The molecule has 0 aliphatic heterocycles. The Balaban J connectivity index is 1.97. The predicted molar refractivity (Wildman–Crippen MR) is 83.1 cm³/mol. The van der Waals surface area contributed by atoms with Crippen LogP contribution in [0.1, 0.15) is 5.56 Å². The summed E-state index contributed by atoms with van der Waals surface area (Å²) < 4.78 is 10.4. The monoisotopic (exact) mass is 287 g/mol. The van der Waals surface area contributed by atoms with Crippen molar-refractivity contribution in [1.29, 1.82) is 0 Å². The van der Waals surface area contributed by atoms with Crippen LogP contribution in [0.2, 0.25) is 0 Å². The number of ether oxygens (including phenoxy) is 2. The number of hydrogen-bond acceptors (Lipinski definition) is 4. The molecule has 0 fully saturated rings. The van der Waals surface area contributed by atoms with Crippen molar-refractivity contribution >= 4 is 0 Å². The van der Waals surface area contributed by atoms with Crippen LogP contribution in [0.25, 0.3) is 11.1 Å². The summed E-state index contributed by atoms with van der Waals surface area (Å²) >= 11 is 0. The van der Waals surface area contributed by atoms with E-state index in [2.05, 4.69) is 12.1 Å². The van der Waals surface area contributed by atoms with Crippen molar-refractivity contribution in [2.75, 3.05) is 20.3 Å². The van der Waals surface area contributed by atoms with Crippen LogP contribution in [0.3, 0.4) is 0 Å². The molecule has 0 bridgehead atoms. The first-order valence-electron chi connectivity index (χ1n) is 6.92. The number of hydrogen-bond donors (Lipinski definition) is 2. The Bertz CT molecular complexity index is 537. The first kappa shape index (κ1) is 15.5. The van der Waals surface area contributed by atoms with E-state index in [1.54, 1.807) is 7.11 Å². The van der Waals surface area contributed by atoms with E-state index >= 15 is 0 Å². The predicted octanol–water partition coefficient (Wildman–Crippen LogP) is 2.20. The molecule has 2 rings (SSSR count). The summed E-state index contributed by atoms with van der Waals surface area (Å²) in [5.41, 5.74) is 8.96. The molecule has 2 aromatic carbocycles. The number of methoxy groups -OCH3 is 1. The van der Waals surface area contributed by atoms with E-state index in [9.17, 15) is 5.11 Å². The lowest BCUT2D eigenvalue weighted by Gasteiger charge is -2.11. The fourth-order valence-electron chi connectivity index (χ4n) is 2.01. The van der Waals surface area contributed by atoms with Gasteiger partial charge in [-0.25, -0.2) is 0 Å². The summed E-state index contributed by atoms with van der Waals surface area (Å²) in [5, 5.41) is 9.53. The van der Waals surface area contributed by atoms with Crippen molar-refractivity contribution < 1.29 is 14.6 Å². The fourth-order valence-corrected chi connectivity index (χ4v) is 2.01. The largest absolute Gasteiger partial charge is 0.491 e. The minimum absolute atomic E-state index is 0.221. The van der Waals surface area contributed by atoms with Gasteiger partial charge in [0.2, 0.25) is 0 Å². The van der Waals surface area contributed by atoms with Gasteiger partial charge in [-0.2, -0.15) is 0 Å². The highest BCUT2D eigenvalue weighted by Crippen LogP contribution is 2.22. The quantitative estimate of drug-likeness (QED) is 0.819. The zero-order valence-electron chi connectivity index (χ0n) is 12.2. The summed E-state index contributed by atoms with van der Waals surface area (Å²) in [7, 11) is 1.55. The van der Waals surface area contributed by atoms with E-state index < -0.39 is 6.10 Å². The Hall–Kier alpha value is -1.88. The highest BCUT2D eigenvalue weighted by molar-refractivity contribution is 5.64. The van der Waals surface area contributed by atoms with Gasteiger partial charge in [-0.05, 0) is 28.8 Å². The minimum atomic E-state index is -0.613. The topological polar surface area (TPSA) is 64.7 Å². The van der Waals surface area contributed by atoms with Gasteiger partial charge in [0.25, 0.3) is 0 Å². The third-order valence-electron chi connectivity index (χ3n) is 3.18. The molecule has 4 nitrogen and oxygen atoms in total. The van der Waals surface area contributed by atoms with Gasteiger partial charge in [-0.3, -0.25) is 0 Å². The molecular formula is C17H21NO3. The Morgan fingerprint density at radius 3 is 2.05 bits per heavy atom. The van der Waals surface area contributed by atoms with Gasteiger partial charge in [0, 0.05) is 13.7 Å². The Kier molecular flexibility index (Phi) is 5.75. The zero-order chi connectivity index (χ0) is 15.1. The molecule has 21 heavy (non-hydrogen) atoms. The second-order valence-corrected chi connectivity index (χ2v) is 4.85. The van der Waals surface area contributed by atoms with Crippen LogP contribution in [0.15, 0.2) is 48.5 Å². The molecule has 4 heteroatoms. The molecule has 0 amide bonds. The van der Waals surface area contributed by atoms with Crippen LogP contribution in [-0.4, -0.2) is 31.5 Å². The highest BCUT2D eigenvalue weighted by Gasteiger charge is 2.05. The third kappa shape index (κ3) is 4.56. The lowest BCUT2D eigenvalue weighted by Crippen LogP contribution is -2.22. The molecule has 0 aliphatic carbocycles. The van der Waals surface area contributed by atoms with Crippen molar-refractivity contribution in [3.8, 4) is 16.9 Å². The van der Waals surface area contributed by atoms with E-state index in [4.69, 9.17) is 15.2 Å². The van der Waals surface area contributed by atoms with Crippen molar-refractivity contribution in [2.45, 2.75) is 12.6 Å². The SMILES string of the molecule is COCC(O)COc1ccc(-c2ccc(CN)cc2)cc1. The van der Waals surface area contributed by atoms with E-state index in [1.807, 2.05) is 36.4 Å². The maximum Gasteiger partial charge on any atom is 0.119 e. The number of rotatable bonds is 7. The van der Waals surface area contributed by atoms with Gasteiger partial charge in [0.1, 0.15) is 18.5 Å². The van der Waals surface area contributed by atoms with E-state index in [1.165, 1.54) is 0 Å². The summed E-state index contributed by atoms with van der Waals surface area (Å²) in [6, 6.07) is 15.9. The molecule has 112 valence electrons. The van der Waals surface area contributed by atoms with E-state index in [0.29, 0.717) is 6.54 Å². The molecule has 0 saturated heterocycles. The second-order valence-electron chi connectivity index (χ2n) is 4.85. The van der Waals surface area contributed by atoms with Crippen LogP contribution >= 0.6 is 0 Å². The van der Waals surface area contributed by atoms with E-state index in [0.717, 1.165) is 22.4 Å². The van der Waals surface area contributed by atoms with Gasteiger partial charge in [0.05, 0.1) is 6.61 Å². The Labute approximate surface area is 125 Å². The fraction of sp³-hybridized carbons (Fsp3) is 0.294. The molecule has 0 aliphatic rings. The number of aliphatic hydroxyl groups is 1. The van der Waals surface area contributed by atoms with Gasteiger partial charge in [-0.15, -0.1) is 0 Å². The van der Waals surface area contributed by atoms with Crippen LogP contribution < -0.4 is 10.5 Å². The standard InChI is InChI=1S/C17H21NO3/c1-20-11-16(19)12-21-17-8-6-15(7-9-17)14-4-2-13(10-18)3-5-14/h2-9,16,19H,10-12,18H2,1H3. The molecule has 1 unspecified atom stereocenters. The molecular weight excluding hydrogens is 266 g/mol. The summed E-state index contributed by atoms with van der Waals surface area (Å²) in [6.07, 6.45) is -0.613. The minimum Gasteiger partial charge on any atom is -0.491 e. The van der Waals surface area contributed by atoms with Crippen LogP contribution in [0.4, 0.5) is 0 Å². The first-order valence-corrected chi connectivity index (χ1v) is 6.92. The van der Waals surface area contributed by atoms with E-state index in [-0.39, 0.29) is 13.2 Å². The van der Waals surface area contributed by atoms with Crippen LogP contribution in [0, 0.1) is 0 Å². The Morgan fingerprint density at radius 1 is 0.952 bits per heavy atom. The maximum absolute atomic E-state index is 9.53. The average molecular weight is 287 g/mol. The van der Waals surface area contributed by atoms with Crippen molar-refractivity contribution in [3.05, 3.63) is 54.1 Å². The molecule has 0 aromatic heterocycles. The smallest absolute Gasteiger partial charge is 0.119 e. The summed E-state index contributed by atoms with van der Waals surface area (Å²) in [6.45, 7) is 1.04. The molecule has 0 saturated carbocycles. The normalized spacial score (nSPS) is 12.1.